The average Bonchev–Trinajstić information content (AvgIpc) is 2.69. The Labute approximate surface area is 100 Å². The van der Waals surface area contributed by atoms with E-state index in [4.69, 9.17) is 0 Å². The van der Waals surface area contributed by atoms with Gasteiger partial charge in [0.25, 0.3) is 0 Å². The van der Waals surface area contributed by atoms with Crippen LogP contribution in [0.25, 0.3) is 0 Å². The summed E-state index contributed by atoms with van der Waals surface area (Å²) >= 11 is 1.66. The maximum atomic E-state index is 12.0. The molecule has 1 amide bonds. The molecule has 1 aliphatic rings. The van der Waals surface area contributed by atoms with Gasteiger partial charge in [-0.3, -0.25) is 4.79 Å². The van der Waals surface area contributed by atoms with Gasteiger partial charge in [-0.15, -0.1) is 11.3 Å². The lowest BCUT2D eigenvalue weighted by atomic mass is 10.2. The van der Waals surface area contributed by atoms with Crippen molar-refractivity contribution >= 4 is 17.2 Å². The minimum absolute atomic E-state index is 0.270. The first-order valence-electron chi connectivity index (χ1n) is 5.87. The number of rotatable bonds is 2. The summed E-state index contributed by atoms with van der Waals surface area (Å²) in [7, 11) is 0. The van der Waals surface area contributed by atoms with E-state index in [0.29, 0.717) is 6.42 Å². The fourth-order valence-electron chi connectivity index (χ4n) is 1.93. The molecule has 0 spiro atoms. The molecule has 1 aromatic heterocycles. The highest BCUT2D eigenvalue weighted by molar-refractivity contribution is 7.10. The first-order valence-corrected chi connectivity index (χ1v) is 6.75. The Morgan fingerprint density at radius 3 is 3.12 bits per heavy atom. The van der Waals surface area contributed by atoms with Gasteiger partial charge in [-0.05, 0) is 30.8 Å². The Morgan fingerprint density at radius 2 is 2.31 bits per heavy atom. The molecule has 1 saturated heterocycles. The van der Waals surface area contributed by atoms with Crippen molar-refractivity contribution in [1.82, 2.24) is 10.2 Å². The second kappa shape index (κ2) is 6.01. The molecule has 0 radical (unpaired) electrons. The van der Waals surface area contributed by atoms with Crippen molar-refractivity contribution in [3.05, 3.63) is 22.4 Å². The molecule has 0 bridgehead atoms. The van der Waals surface area contributed by atoms with Crippen LogP contribution in [0.1, 0.15) is 17.7 Å². The minimum atomic E-state index is 0.270. The van der Waals surface area contributed by atoms with E-state index >= 15 is 0 Å². The van der Waals surface area contributed by atoms with Crippen LogP contribution < -0.4 is 5.32 Å². The van der Waals surface area contributed by atoms with E-state index in [-0.39, 0.29) is 5.91 Å². The van der Waals surface area contributed by atoms with E-state index in [1.165, 1.54) is 11.3 Å². The molecular weight excluding hydrogens is 220 g/mol. The molecule has 4 heteroatoms. The van der Waals surface area contributed by atoms with Crippen LogP contribution in [0.3, 0.4) is 0 Å². The Morgan fingerprint density at radius 1 is 1.38 bits per heavy atom. The molecule has 2 heterocycles. The van der Waals surface area contributed by atoms with Crippen LogP contribution in [0.5, 0.6) is 0 Å². The Hall–Kier alpha value is -0.870. The average molecular weight is 238 g/mol. The number of carbonyl (C=O) groups excluding carboxylic acids is 1. The fraction of sp³-hybridized carbons (Fsp3) is 0.583. The van der Waals surface area contributed by atoms with E-state index in [2.05, 4.69) is 5.32 Å². The van der Waals surface area contributed by atoms with Crippen LogP contribution in [0.4, 0.5) is 0 Å². The summed E-state index contributed by atoms with van der Waals surface area (Å²) in [4.78, 5) is 15.2. The third-order valence-electron chi connectivity index (χ3n) is 2.85. The highest BCUT2D eigenvalue weighted by Crippen LogP contribution is 2.11. The lowest BCUT2D eigenvalue weighted by molar-refractivity contribution is -0.130. The van der Waals surface area contributed by atoms with Crippen molar-refractivity contribution in [2.75, 3.05) is 26.2 Å². The minimum Gasteiger partial charge on any atom is -0.341 e. The van der Waals surface area contributed by atoms with E-state index in [0.717, 1.165) is 32.6 Å². The highest BCUT2D eigenvalue weighted by atomic mass is 32.1. The number of hydrogen-bond acceptors (Lipinski definition) is 3. The molecule has 1 aliphatic heterocycles. The summed E-state index contributed by atoms with van der Waals surface area (Å²) in [5.74, 6) is 0.270. The van der Waals surface area contributed by atoms with E-state index in [1.807, 2.05) is 22.4 Å². The topological polar surface area (TPSA) is 32.3 Å². The lowest BCUT2D eigenvalue weighted by Crippen LogP contribution is -2.40. The highest BCUT2D eigenvalue weighted by Gasteiger charge is 2.14. The SMILES string of the molecule is O=C(Cc1cccs1)N1CCCCNCC1. The van der Waals surface area contributed by atoms with Crippen LogP contribution in [0, 0.1) is 0 Å². The van der Waals surface area contributed by atoms with Gasteiger partial charge >= 0.3 is 0 Å². The molecule has 1 N–H and O–H groups in total. The molecule has 1 fully saturated rings. The van der Waals surface area contributed by atoms with Gasteiger partial charge < -0.3 is 10.2 Å². The summed E-state index contributed by atoms with van der Waals surface area (Å²) in [6.07, 6.45) is 2.85. The molecule has 88 valence electrons. The zero-order chi connectivity index (χ0) is 11.2. The van der Waals surface area contributed by atoms with Crippen molar-refractivity contribution in [2.45, 2.75) is 19.3 Å². The molecule has 2 rings (SSSR count). The van der Waals surface area contributed by atoms with Crippen LogP contribution in [-0.2, 0) is 11.2 Å². The summed E-state index contributed by atoms with van der Waals surface area (Å²) in [6, 6.07) is 4.03. The number of nitrogens with zero attached hydrogens (tertiary/aromatic N) is 1. The molecular formula is C12H18N2OS. The van der Waals surface area contributed by atoms with Crippen molar-refractivity contribution in [3.63, 3.8) is 0 Å². The molecule has 0 aromatic carbocycles. The Kier molecular flexibility index (Phi) is 4.36. The standard InChI is InChI=1S/C12H18N2OS/c15-12(10-11-4-3-9-16-11)14-7-2-1-5-13-6-8-14/h3-4,9,13H,1-2,5-8,10H2. The van der Waals surface area contributed by atoms with Crippen LogP contribution in [-0.4, -0.2) is 37.0 Å². The Balaban J connectivity index is 1.87. The summed E-state index contributed by atoms with van der Waals surface area (Å²) < 4.78 is 0. The number of nitrogens with one attached hydrogen (secondary N) is 1. The number of carbonyl (C=O) groups is 1. The smallest absolute Gasteiger partial charge is 0.227 e. The van der Waals surface area contributed by atoms with Crippen molar-refractivity contribution in [2.24, 2.45) is 0 Å². The van der Waals surface area contributed by atoms with Gasteiger partial charge in [0.2, 0.25) is 5.91 Å². The first kappa shape index (κ1) is 11.6. The number of hydrogen-bond donors (Lipinski definition) is 1. The maximum Gasteiger partial charge on any atom is 0.227 e. The quantitative estimate of drug-likeness (QED) is 0.847. The largest absolute Gasteiger partial charge is 0.341 e. The van der Waals surface area contributed by atoms with Gasteiger partial charge in [-0.1, -0.05) is 6.07 Å². The Bertz CT molecular complexity index is 316. The van der Waals surface area contributed by atoms with Crippen LogP contribution in [0.15, 0.2) is 17.5 Å². The van der Waals surface area contributed by atoms with Gasteiger partial charge in [-0.25, -0.2) is 0 Å². The maximum absolute atomic E-state index is 12.0. The van der Waals surface area contributed by atoms with Gasteiger partial charge in [0.1, 0.15) is 0 Å². The second-order valence-electron chi connectivity index (χ2n) is 4.09. The molecule has 3 nitrogen and oxygen atoms in total. The van der Waals surface area contributed by atoms with Gasteiger partial charge in [0, 0.05) is 24.5 Å². The van der Waals surface area contributed by atoms with Gasteiger partial charge in [-0.2, -0.15) is 0 Å². The molecule has 0 unspecified atom stereocenters. The molecule has 0 saturated carbocycles. The summed E-state index contributed by atoms with van der Waals surface area (Å²) in [5, 5.41) is 5.37. The summed E-state index contributed by atoms with van der Waals surface area (Å²) in [6.45, 7) is 3.79. The number of thiophene rings is 1. The van der Waals surface area contributed by atoms with Crippen LogP contribution in [0.2, 0.25) is 0 Å². The molecule has 0 aliphatic carbocycles. The van der Waals surface area contributed by atoms with E-state index in [9.17, 15) is 4.79 Å². The lowest BCUT2D eigenvalue weighted by Gasteiger charge is -2.25. The van der Waals surface area contributed by atoms with Gasteiger partial charge in [0.15, 0.2) is 0 Å². The fourth-order valence-corrected chi connectivity index (χ4v) is 2.62. The van der Waals surface area contributed by atoms with Gasteiger partial charge in [0.05, 0.1) is 6.42 Å². The van der Waals surface area contributed by atoms with E-state index < -0.39 is 0 Å². The number of amides is 1. The van der Waals surface area contributed by atoms with E-state index in [1.54, 1.807) is 11.3 Å². The molecule has 16 heavy (non-hydrogen) atoms. The van der Waals surface area contributed by atoms with Crippen LogP contribution >= 0.6 is 11.3 Å². The van der Waals surface area contributed by atoms with Crippen molar-refractivity contribution in [3.8, 4) is 0 Å². The monoisotopic (exact) mass is 238 g/mol. The summed E-state index contributed by atoms with van der Waals surface area (Å²) in [5.41, 5.74) is 0. The predicted octanol–water partition coefficient (Wildman–Crippen LogP) is 1.50. The zero-order valence-corrected chi connectivity index (χ0v) is 10.3. The second-order valence-corrected chi connectivity index (χ2v) is 5.13. The third-order valence-corrected chi connectivity index (χ3v) is 3.72. The molecule has 1 aromatic rings. The first-order chi connectivity index (χ1) is 7.86. The third kappa shape index (κ3) is 3.32. The van der Waals surface area contributed by atoms with Crippen molar-refractivity contribution in [1.29, 1.82) is 0 Å². The normalized spacial score (nSPS) is 17.9. The predicted molar refractivity (Wildman–Crippen MR) is 66.7 cm³/mol. The zero-order valence-electron chi connectivity index (χ0n) is 9.45. The molecule has 0 atom stereocenters. The van der Waals surface area contributed by atoms with Crippen molar-refractivity contribution < 1.29 is 4.79 Å².